The highest BCUT2D eigenvalue weighted by Crippen LogP contribution is 2.23. The Labute approximate surface area is 125 Å². The van der Waals surface area contributed by atoms with E-state index in [2.05, 4.69) is 15.5 Å². The van der Waals surface area contributed by atoms with Gasteiger partial charge in [-0.1, -0.05) is 6.92 Å². The molecule has 2 aliphatic rings. The quantitative estimate of drug-likeness (QED) is 0.611. The summed E-state index contributed by atoms with van der Waals surface area (Å²) in [5.41, 5.74) is 0. The number of carboxylic acid groups (broad SMARTS) is 1. The largest absolute Gasteiger partial charge is 0.480 e. The zero-order valence-corrected chi connectivity index (χ0v) is 12.7. The molecular formula is C14H26N4O3. The average Bonchev–Trinajstić information content (AvgIpc) is 2.86. The lowest BCUT2D eigenvalue weighted by molar-refractivity contribution is -0.142. The number of nitrogens with zero attached hydrogens (tertiary/aromatic N) is 2. The number of hydrogen-bond acceptors (Lipinski definition) is 4. The second-order valence-electron chi connectivity index (χ2n) is 5.92. The van der Waals surface area contributed by atoms with Gasteiger partial charge in [-0.05, 0) is 25.3 Å². The van der Waals surface area contributed by atoms with Crippen molar-refractivity contribution in [2.24, 2.45) is 5.92 Å². The van der Waals surface area contributed by atoms with Gasteiger partial charge in [-0.2, -0.15) is 0 Å². The predicted octanol–water partition coefficient (Wildman–Crippen LogP) is -0.214. The molecule has 2 unspecified atom stereocenters. The molecule has 0 aromatic rings. The summed E-state index contributed by atoms with van der Waals surface area (Å²) < 4.78 is 0. The van der Waals surface area contributed by atoms with E-state index < -0.39 is 12.0 Å². The predicted molar refractivity (Wildman–Crippen MR) is 79.2 cm³/mol. The van der Waals surface area contributed by atoms with Crippen LogP contribution in [-0.4, -0.2) is 78.8 Å². The van der Waals surface area contributed by atoms with Gasteiger partial charge < -0.3 is 25.5 Å². The molecule has 2 heterocycles. The molecule has 21 heavy (non-hydrogen) atoms. The van der Waals surface area contributed by atoms with E-state index in [1.165, 1.54) is 4.90 Å². The van der Waals surface area contributed by atoms with Crippen molar-refractivity contribution >= 4 is 12.0 Å². The van der Waals surface area contributed by atoms with Gasteiger partial charge in [-0.15, -0.1) is 0 Å². The number of carbonyl (C=O) groups excluding carboxylic acids is 1. The summed E-state index contributed by atoms with van der Waals surface area (Å²) in [5.74, 6) is -0.884. The number of carbonyl (C=O) groups is 2. The van der Waals surface area contributed by atoms with Crippen LogP contribution in [0.1, 0.15) is 19.8 Å². The molecule has 0 aromatic carbocycles. The zero-order valence-electron chi connectivity index (χ0n) is 12.7. The third-order valence-electron chi connectivity index (χ3n) is 4.35. The van der Waals surface area contributed by atoms with Crippen molar-refractivity contribution in [3.63, 3.8) is 0 Å². The molecule has 2 saturated heterocycles. The van der Waals surface area contributed by atoms with Crippen LogP contribution in [-0.2, 0) is 4.79 Å². The highest BCUT2D eigenvalue weighted by Gasteiger charge is 2.39. The maximum atomic E-state index is 12.1. The number of carboxylic acids is 1. The summed E-state index contributed by atoms with van der Waals surface area (Å²) in [6.45, 7) is 8.15. The van der Waals surface area contributed by atoms with Crippen molar-refractivity contribution in [2.45, 2.75) is 25.8 Å². The Morgan fingerprint density at radius 1 is 1.29 bits per heavy atom. The van der Waals surface area contributed by atoms with E-state index in [1.54, 1.807) is 0 Å². The van der Waals surface area contributed by atoms with Crippen molar-refractivity contribution in [3.8, 4) is 0 Å². The third-order valence-corrected chi connectivity index (χ3v) is 4.35. The third kappa shape index (κ3) is 4.31. The lowest BCUT2D eigenvalue weighted by Gasteiger charge is -2.27. The number of hydrogen-bond donors (Lipinski definition) is 3. The van der Waals surface area contributed by atoms with Crippen LogP contribution in [0.4, 0.5) is 4.79 Å². The highest BCUT2D eigenvalue weighted by atomic mass is 16.4. The first kappa shape index (κ1) is 16.0. The Morgan fingerprint density at radius 3 is 2.67 bits per heavy atom. The molecular weight excluding hydrogens is 272 g/mol. The minimum Gasteiger partial charge on any atom is -0.480 e. The molecule has 0 aromatic heterocycles. The van der Waals surface area contributed by atoms with E-state index in [4.69, 9.17) is 0 Å². The van der Waals surface area contributed by atoms with Crippen molar-refractivity contribution < 1.29 is 14.7 Å². The van der Waals surface area contributed by atoms with Crippen LogP contribution in [0, 0.1) is 5.92 Å². The summed E-state index contributed by atoms with van der Waals surface area (Å²) in [6.07, 6.45) is 1.65. The SMILES string of the molecule is CC1CCN(C(=O)NCCCN2CCNCC2)C1C(=O)O. The molecule has 2 aliphatic heterocycles. The molecule has 2 fully saturated rings. The highest BCUT2D eigenvalue weighted by molar-refractivity contribution is 5.83. The lowest BCUT2D eigenvalue weighted by Crippen LogP contribution is -2.48. The van der Waals surface area contributed by atoms with Crippen LogP contribution in [0.2, 0.25) is 0 Å². The van der Waals surface area contributed by atoms with Crippen LogP contribution in [0.3, 0.4) is 0 Å². The molecule has 2 atom stereocenters. The Bertz CT molecular complexity index is 371. The van der Waals surface area contributed by atoms with Gasteiger partial charge in [0.25, 0.3) is 0 Å². The lowest BCUT2D eigenvalue weighted by atomic mass is 10.0. The Hall–Kier alpha value is -1.34. The Kier molecular flexibility index (Phi) is 5.81. The zero-order chi connectivity index (χ0) is 15.2. The number of piperazine rings is 1. The van der Waals surface area contributed by atoms with Gasteiger partial charge in [0.15, 0.2) is 0 Å². The fourth-order valence-corrected chi connectivity index (χ4v) is 3.09. The second kappa shape index (κ2) is 7.61. The van der Waals surface area contributed by atoms with E-state index in [0.29, 0.717) is 13.1 Å². The topological polar surface area (TPSA) is 84.9 Å². The first-order valence-corrected chi connectivity index (χ1v) is 7.80. The van der Waals surface area contributed by atoms with Crippen LogP contribution in [0.15, 0.2) is 0 Å². The molecule has 2 amide bonds. The number of likely N-dealkylation sites (tertiary alicyclic amines) is 1. The fourth-order valence-electron chi connectivity index (χ4n) is 3.09. The van der Waals surface area contributed by atoms with Crippen LogP contribution in [0.5, 0.6) is 0 Å². The molecule has 120 valence electrons. The minimum atomic E-state index is -0.907. The van der Waals surface area contributed by atoms with Crippen LogP contribution >= 0.6 is 0 Å². The van der Waals surface area contributed by atoms with Gasteiger partial charge in [0.2, 0.25) is 0 Å². The van der Waals surface area contributed by atoms with Gasteiger partial charge in [-0.25, -0.2) is 9.59 Å². The molecule has 7 nitrogen and oxygen atoms in total. The van der Waals surface area contributed by atoms with Crippen molar-refractivity contribution in [1.29, 1.82) is 0 Å². The van der Waals surface area contributed by atoms with E-state index in [9.17, 15) is 14.7 Å². The van der Waals surface area contributed by atoms with Crippen molar-refractivity contribution in [1.82, 2.24) is 20.4 Å². The Balaban J connectivity index is 1.68. The molecule has 7 heteroatoms. The summed E-state index contributed by atoms with van der Waals surface area (Å²) in [7, 11) is 0. The molecule has 0 spiro atoms. The van der Waals surface area contributed by atoms with Gasteiger partial charge >= 0.3 is 12.0 Å². The average molecular weight is 298 g/mol. The molecule has 2 rings (SSSR count). The summed E-state index contributed by atoms with van der Waals surface area (Å²) >= 11 is 0. The van der Waals surface area contributed by atoms with Gasteiger partial charge in [0, 0.05) is 39.3 Å². The maximum absolute atomic E-state index is 12.1. The normalized spacial score (nSPS) is 26.8. The first-order chi connectivity index (χ1) is 10.1. The number of aliphatic carboxylic acids is 1. The second-order valence-corrected chi connectivity index (χ2v) is 5.92. The number of rotatable bonds is 5. The van der Waals surface area contributed by atoms with Gasteiger partial charge in [0.1, 0.15) is 6.04 Å². The molecule has 0 radical (unpaired) electrons. The van der Waals surface area contributed by atoms with Gasteiger partial charge in [-0.3, -0.25) is 0 Å². The van der Waals surface area contributed by atoms with Gasteiger partial charge in [0.05, 0.1) is 0 Å². The van der Waals surface area contributed by atoms with E-state index in [0.717, 1.165) is 45.6 Å². The molecule has 0 bridgehead atoms. The number of nitrogens with one attached hydrogen (secondary N) is 2. The summed E-state index contributed by atoms with van der Waals surface area (Å²) in [5, 5.41) is 15.4. The first-order valence-electron chi connectivity index (χ1n) is 7.80. The van der Waals surface area contributed by atoms with E-state index >= 15 is 0 Å². The minimum absolute atomic E-state index is 0.0223. The van der Waals surface area contributed by atoms with E-state index in [-0.39, 0.29) is 11.9 Å². The standard InChI is InChI=1S/C14H26N4O3/c1-11-3-8-18(12(11)13(19)20)14(21)16-4-2-7-17-9-5-15-6-10-17/h11-12,15H,2-10H2,1H3,(H,16,21)(H,19,20). The molecule has 0 saturated carbocycles. The number of urea groups is 1. The van der Waals surface area contributed by atoms with Crippen molar-refractivity contribution in [2.75, 3.05) is 45.8 Å². The molecule has 0 aliphatic carbocycles. The number of amides is 2. The molecule has 3 N–H and O–H groups in total. The smallest absolute Gasteiger partial charge is 0.326 e. The summed E-state index contributed by atoms with van der Waals surface area (Å²) in [4.78, 5) is 27.1. The van der Waals surface area contributed by atoms with Crippen LogP contribution in [0.25, 0.3) is 0 Å². The van der Waals surface area contributed by atoms with E-state index in [1.807, 2.05) is 6.92 Å². The maximum Gasteiger partial charge on any atom is 0.326 e. The Morgan fingerprint density at radius 2 is 2.00 bits per heavy atom. The monoisotopic (exact) mass is 298 g/mol. The van der Waals surface area contributed by atoms with Crippen LogP contribution < -0.4 is 10.6 Å². The fraction of sp³-hybridized carbons (Fsp3) is 0.857. The summed E-state index contributed by atoms with van der Waals surface area (Å²) in [6, 6.07) is -0.926. The van der Waals surface area contributed by atoms with Crippen molar-refractivity contribution in [3.05, 3.63) is 0 Å².